The maximum atomic E-state index is 5.89. The van der Waals surface area contributed by atoms with Gasteiger partial charge in [0.05, 0.1) is 6.26 Å². The van der Waals surface area contributed by atoms with E-state index in [0.29, 0.717) is 10.9 Å². The van der Waals surface area contributed by atoms with Gasteiger partial charge in [0.15, 0.2) is 5.76 Å². The van der Waals surface area contributed by atoms with Crippen LogP contribution in [-0.2, 0) is 5.79 Å². The normalized spacial score (nSPS) is 26.8. The summed E-state index contributed by atoms with van der Waals surface area (Å²) in [5.74, 6) is -0.551. The molecular weight excluding hydrogens is 190 g/mol. The van der Waals surface area contributed by atoms with Gasteiger partial charge in [-0.25, -0.2) is 4.99 Å². The van der Waals surface area contributed by atoms with Crippen molar-refractivity contribution >= 4 is 17.8 Å². The van der Waals surface area contributed by atoms with Crippen LogP contribution in [0, 0.1) is 0 Å². The first-order valence-electron chi connectivity index (χ1n) is 3.73. The van der Waals surface area contributed by atoms with Gasteiger partial charge in [0.1, 0.15) is 5.16 Å². The Hall–Kier alpha value is -1.26. The Morgan fingerprint density at radius 2 is 2.46 bits per heavy atom. The fourth-order valence-electron chi connectivity index (χ4n) is 1.10. The topological polar surface area (TPSA) is 63.5 Å². The van der Waals surface area contributed by atoms with E-state index in [1.807, 2.05) is 0 Å². The van der Waals surface area contributed by atoms with Gasteiger partial charge in [-0.1, -0.05) is 11.6 Å². The van der Waals surface area contributed by atoms with Crippen molar-refractivity contribution in [2.45, 2.75) is 5.79 Å². The highest BCUT2D eigenvalue weighted by Crippen LogP contribution is 2.21. The van der Waals surface area contributed by atoms with E-state index < -0.39 is 5.79 Å². The standard InChI is InChI=1S/C8H8ClN3O/c9-7-3-4-11-8(10,12-7)6-2-1-5-13-6/h1-5,12H,10H2. The maximum Gasteiger partial charge on any atom is 0.243 e. The van der Waals surface area contributed by atoms with Crippen molar-refractivity contribution in [2.24, 2.45) is 10.7 Å². The highest BCUT2D eigenvalue weighted by Gasteiger charge is 2.30. The molecule has 0 fully saturated rings. The molecule has 0 spiro atoms. The zero-order chi connectivity index (χ0) is 9.31. The van der Waals surface area contributed by atoms with Gasteiger partial charge in [-0.2, -0.15) is 0 Å². The fraction of sp³-hybridized carbons (Fsp3) is 0.125. The van der Waals surface area contributed by atoms with E-state index in [9.17, 15) is 0 Å². The molecule has 0 bridgehead atoms. The number of furan rings is 1. The minimum Gasteiger partial charge on any atom is -0.463 e. The second-order valence-corrected chi connectivity index (χ2v) is 3.07. The van der Waals surface area contributed by atoms with Crippen molar-refractivity contribution in [1.82, 2.24) is 5.32 Å². The van der Waals surface area contributed by atoms with Crippen molar-refractivity contribution in [3.63, 3.8) is 0 Å². The van der Waals surface area contributed by atoms with Crippen LogP contribution >= 0.6 is 11.6 Å². The van der Waals surface area contributed by atoms with Crippen LogP contribution in [0.25, 0.3) is 0 Å². The summed E-state index contributed by atoms with van der Waals surface area (Å²) in [6.07, 6.45) is 4.70. The van der Waals surface area contributed by atoms with Crippen molar-refractivity contribution in [2.75, 3.05) is 0 Å². The molecule has 3 N–H and O–H groups in total. The molecule has 0 amide bonds. The average molecular weight is 198 g/mol. The Morgan fingerprint density at radius 3 is 3.08 bits per heavy atom. The highest BCUT2D eigenvalue weighted by atomic mass is 35.5. The largest absolute Gasteiger partial charge is 0.463 e. The summed E-state index contributed by atoms with van der Waals surface area (Å²) in [6, 6.07) is 3.48. The Morgan fingerprint density at radius 1 is 1.62 bits per heavy atom. The summed E-state index contributed by atoms with van der Waals surface area (Å²) in [4.78, 5) is 4.04. The van der Waals surface area contributed by atoms with Crippen molar-refractivity contribution in [1.29, 1.82) is 0 Å². The summed E-state index contributed by atoms with van der Waals surface area (Å²) in [7, 11) is 0. The molecule has 4 nitrogen and oxygen atoms in total. The number of aliphatic imine (C=N–C) groups is 1. The van der Waals surface area contributed by atoms with Crippen LogP contribution in [0.5, 0.6) is 0 Å². The van der Waals surface area contributed by atoms with Crippen LogP contribution in [0.1, 0.15) is 5.76 Å². The van der Waals surface area contributed by atoms with E-state index in [1.165, 1.54) is 6.26 Å². The van der Waals surface area contributed by atoms with E-state index in [4.69, 9.17) is 21.8 Å². The van der Waals surface area contributed by atoms with Gasteiger partial charge in [-0.05, 0) is 18.2 Å². The van der Waals surface area contributed by atoms with Crippen LogP contribution in [0.3, 0.4) is 0 Å². The zero-order valence-electron chi connectivity index (χ0n) is 6.70. The lowest BCUT2D eigenvalue weighted by atomic mass is 10.2. The van der Waals surface area contributed by atoms with E-state index >= 15 is 0 Å². The third-order valence-electron chi connectivity index (χ3n) is 1.71. The lowest BCUT2D eigenvalue weighted by molar-refractivity contribution is 0.317. The molecule has 1 unspecified atom stereocenters. The third kappa shape index (κ3) is 1.46. The third-order valence-corrected chi connectivity index (χ3v) is 1.93. The summed E-state index contributed by atoms with van der Waals surface area (Å²) in [5, 5.41) is 3.25. The Labute approximate surface area is 80.1 Å². The first-order chi connectivity index (χ1) is 6.21. The molecule has 1 atom stereocenters. The Kier molecular flexibility index (Phi) is 1.86. The number of allylic oxidation sites excluding steroid dienone is 1. The number of hydrogen-bond acceptors (Lipinski definition) is 4. The molecule has 1 aliphatic heterocycles. The second-order valence-electron chi connectivity index (χ2n) is 2.66. The number of nitrogens with one attached hydrogen (secondary N) is 1. The number of hydrogen-bond donors (Lipinski definition) is 2. The molecule has 2 rings (SSSR count). The SMILES string of the molecule is NC1(c2ccco2)N=CC=C(Cl)N1. The summed E-state index contributed by atoms with van der Waals surface area (Å²) in [6.45, 7) is 0. The smallest absolute Gasteiger partial charge is 0.243 e. The monoisotopic (exact) mass is 197 g/mol. The van der Waals surface area contributed by atoms with E-state index in [-0.39, 0.29) is 0 Å². The first-order valence-corrected chi connectivity index (χ1v) is 4.10. The molecule has 1 aliphatic rings. The van der Waals surface area contributed by atoms with Crippen molar-refractivity contribution < 1.29 is 4.42 Å². The molecule has 0 aliphatic carbocycles. The van der Waals surface area contributed by atoms with Gasteiger partial charge in [-0.3, -0.25) is 5.73 Å². The lowest BCUT2D eigenvalue weighted by Gasteiger charge is -2.26. The Balaban J connectivity index is 2.34. The molecule has 0 aromatic carbocycles. The second kappa shape index (κ2) is 2.90. The molecule has 13 heavy (non-hydrogen) atoms. The molecule has 0 saturated carbocycles. The average Bonchev–Trinajstić information content (AvgIpc) is 2.55. The number of halogens is 1. The zero-order valence-corrected chi connectivity index (χ0v) is 7.45. The van der Waals surface area contributed by atoms with E-state index in [1.54, 1.807) is 24.4 Å². The molecular formula is C8H8ClN3O. The molecule has 0 saturated heterocycles. The minimum absolute atomic E-state index is 0.439. The van der Waals surface area contributed by atoms with Gasteiger partial charge in [-0.15, -0.1) is 0 Å². The molecule has 0 radical (unpaired) electrons. The highest BCUT2D eigenvalue weighted by molar-refractivity contribution is 6.30. The van der Waals surface area contributed by atoms with Crippen LogP contribution in [0.2, 0.25) is 0 Å². The van der Waals surface area contributed by atoms with Crippen molar-refractivity contribution in [3.05, 3.63) is 35.4 Å². The minimum atomic E-state index is -1.07. The summed E-state index contributed by atoms with van der Waals surface area (Å²) in [5.41, 5.74) is 5.89. The van der Waals surface area contributed by atoms with Crippen LogP contribution in [0.4, 0.5) is 0 Å². The first kappa shape index (κ1) is 8.34. The lowest BCUT2D eigenvalue weighted by Crippen LogP contribution is -2.48. The van der Waals surface area contributed by atoms with E-state index in [2.05, 4.69) is 10.3 Å². The van der Waals surface area contributed by atoms with E-state index in [0.717, 1.165) is 0 Å². The molecule has 5 heteroatoms. The van der Waals surface area contributed by atoms with Crippen molar-refractivity contribution in [3.8, 4) is 0 Å². The fourth-order valence-corrected chi connectivity index (χ4v) is 1.30. The summed E-state index contributed by atoms with van der Waals surface area (Å²) >= 11 is 5.76. The van der Waals surface area contributed by atoms with Gasteiger partial charge in [0, 0.05) is 6.21 Å². The summed E-state index contributed by atoms with van der Waals surface area (Å²) < 4.78 is 5.14. The molecule has 68 valence electrons. The maximum absolute atomic E-state index is 5.89. The van der Waals surface area contributed by atoms with Gasteiger partial charge in [0.2, 0.25) is 5.79 Å². The van der Waals surface area contributed by atoms with Gasteiger partial charge < -0.3 is 9.73 Å². The molecule has 1 aromatic heterocycles. The molecule has 2 heterocycles. The van der Waals surface area contributed by atoms with Crippen LogP contribution in [0.15, 0.2) is 39.0 Å². The quantitative estimate of drug-likeness (QED) is 0.663. The van der Waals surface area contributed by atoms with Gasteiger partial charge in [0.25, 0.3) is 0 Å². The number of nitrogens with two attached hydrogens (primary N) is 1. The molecule has 1 aromatic rings. The predicted octanol–water partition coefficient (Wildman–Crippen LogP) is 1.10. The number of nitrogens with zero attached hydrogens (tertiary/aromatic N) is 1. The Bertz CT molecular complexity index is 357. The van der Waals surface area contributed by atoms with Gasteiger partial charge >= 0.3 is 0 Å². The number of rotatable bonds is 1. The predicted molar refractivity (Wildman–Crippen MR) is 50.1 cm³/mol. The van der Waals surface area contributed by atoms with Crippen LogP contribution in [-0.4, -0.2) is 6.21 Å². The van der Waals surface area contributed by atoms with Crippen LogP contribution < -0.4 is 11.1 Å².